The fraction of sp³-hybridized carbons (Fsp3) is 0.143. The molecule has 2 aromatic rings. The normalized spacial score (nSPS) is 17.0. The van der Waals surface area contributed by atoms with E-state index in [1.54, 1.807) is 18.2 Å². The maximum Gasteiger partial charge on any atom is 0.252 e. The molecule has 2 heterocycles. The number of aromatic nitrogens is 2. The van der Waals surface area contributed by atoms with Crippen LogP contribution in [0.1, 0.15) is 15.9 Å². The Balaban J connectivity index is 1.76. The second-order valence-electron chi connectivity index (χ2n) is 4.45. The molecule has 0 saturated heterocycles. The van der Waals surface area contributed by atoms with Crippen molar-refractivity contribution in [1.29, 1.82) is 0 Å². The molecule has 1 aliphatic heterocycles. The third kappa shape index (κ3) is 2.35. The van der Waals surface area contributed by atoms with Crippen LogP contribution in [-0.4, -0.2) is 27.8 Å². The largest absolute Gasteiger partial charge is 0.340 e. The minimum absolute atomic E-state index is 0.227. The van der Waals surface area contributed by atoms with Crippen LogP contribution in [0.4, 0.5) is 5.95 Å². The summed E-state index contributed by atoms with van der Waals surface area (Å²) in [5, 5.41) is 5.27. The molecule has 0 fully saturated rings. The monoisotopic (exact) mass is 268 g/mol. The Hall–Kier alpha value is -2.76. The Morgan fingerprint density at radius 2 is 1.95 bits per heavy atom. The lowest BCUT2D eigenvalue weighted by molar-refractivity contribution is -0.118. The molecule has 6 heteroatoms. The topological polar surface area (TPSA) is 84.0 Å². The van der Waals surface area contributed by atoms with Crippen LogP contribution in [0.15, 0.2) is 42.7 Å². The minimum atomic E-state index is -0.610. The standard InChI is InChI=1S/C14H12N4O2/c19-12-10-5-2-1-4-9(10)8-11(17-12)13(20)18-14-15-6-3-7-16-14/h1-7,11H,8H2,(H,17,19)(H,15,16,18,20). The summed E-state index contributed by atoms with van der Waals surface area (Å²) in [6.07, 6.45) is 3.54. The SMILES string of the molecule is O=C1NC(C(=O)Nc2ncccn2)Cc2ccccc21. The Bertz CT molecular complexity index is 657. The van der Waals surface area contributed by atoms with E-state index in [1.165, 1.54) is 12.4 Å². The van der Waals surface area contributed by atoms with Crippen molar-refractivity contribution in [3.8, 4) is 0 Å². The van der Waals surface area contributed by atoms with Crippen LogP contribution >= 0.6 is 0 Å². The number of carbonyl (C=O) groups is 2. The van der Waals surface area contributed by atoms with Gasteiger partial charge in [0.1, 0.15) is 6.04 Å². The summed E-state index contributed by atoms with van der Waals surface area (Å²) in [5.74, 6) is -0.328. The van der Waals surface area contributed by atoms with Gasteiger partial charge in [0.15, 0.2) is 0 Å². The Kier molecular flexibility index (Phi) is 3.12. The number of anilines is 1. The fourth-order valence-electron chi connectivity index (χ4n) is 2.15. The molecule has 6 nitrogen and oxygen atoms in total. The van der Waals surface area contributed by atoms with Crippen molar-refractivity contribution in [2.24, 2.45) is 0 Å². The van der Waals surface area contributed by atoms with Crippen molar-refractivity contribution in [3.05, 3.63) is 53.9 Å². The van der Waals surface area contributed by atoms with Crippen LogP contribution in [-0.2, 0) is 11.2 Å². The van der Waals surface area contributed by atoms with Gasteiger partial charge in [0.25, 0.3) is 5.91 Å². The smallest absolute Gasteiger partial charge is 0.252 e. The van der Waals surface area contributed by atoms with Gasteiger partial charge in [0, 0.05) is 24.4 Å². The van der Waals surface area contributed by atoms with Gasteiger partial charge in [-0.1, -0.05) is 18.2 Å². The number of nitrogens with zero attached hydrogens (tertiary/aromatic N) is 2. The summed E-state index contributed by atoms with van der Waals surface area (Å²) < 4.78 is 0. The first-order chi connectivity index (χ1) is 9.74. The highest BCUT2D eigenvalue weighted by molar-refractivity contribution is 6.03. The Labute approximate surface area is 115 Å². The zero-order valence-electron chi connectivity index (χ0n) is 10.5. The lowest BCUT2D eigenvalue weighted by atomic mass is 9.95. The van der Waals surface area contributed by atoms with Crippen molar-refractivity contribution < 1.29 is 9.59 Å². The van der Waals surface area contributed by atoms with Gasteiger partial charge in [-0.3, -0.25) is 14.9 Å². The van der Waals surface area contributed by atoms with E-state index in [2.05, 4.69) is 20.6 Å². The number of amides is 2. The van der Waals surface area contributed by atoms with E-state index in [9.17, 15) is 9.59 Å². The molecule has 0 saturated carbocycles. The summed E-state index contributed by atoms with van der Waals surface area (Å²) in [6.45, 7) is 0. The first-order valence-corrected chi connectivity index (χ1v) is 6.21. The predicted octanol–water partition coefficient (Wildman–Crippen LogP) is 0.770. The molecule has 1 aromatic carbocycles. The molecule has 1 aromatic heterocycles. The summed E-state index contributed by atoms with van der Waals surface area (Å²) in [4.78, 5) is 31.9. The van der Waals surface area contributed by atoms with Crippen molar-refractivity contribution in [2.75, 3.05) is 5.32 Å². The maximum atomic E-state index is 12.1. The second-order valence-corrected chi connectivity index (χ2v) is 4.45. The number of carbonyl (C=O) groups excluding carboxylic acids is 2. The van der Waals surface area contributed by atoms with Gasteiger partial charge in [0.2, 0.25) is 11.9 Å². The zero-order chi connectivity index (χ0) is 13.9. The number of benzene rings is 1. The van der Waals surface area contributed by atoms with Gasteiger partial charge < -0.3 is 5.32 Å². The van der Waals surface area contributed by atoms with Crippen LogP contribution in [0.5, 0.6) is 0 Å². The number of fused-ring (bicyclic) bond motifs is 1. The fourth-order valence-corrected chi connectivity index (χ4v) is 2.15. The van der Waals surface area contributed by atoms with Gasteiger partial charge in [-0.15, -0.1) is 0 Å². The summed E-state index contributed by atoms with van der Waals surface area (Å²) in [6, 6.07) is 8.31. The molecule has 100 valence electrons. The van der Waals surface area contributed by atoms with Crippen molar-refractivity contribution in [3.63, 3.8) is 0 Å². The highest BCUT2D eigenvalue weighted by atomic mass is 16.2. The van der Waals surface area contributed by atoms with E-state index >= 15 is 0 Å². The number of nitrogens with one attached hydrogen (secondary N) is 2. The second kappa shape index (κ2) is 5.08. The van der Waals surface area contributed by atoms with E-state index in [1.807, 2.05) is 12.1 Å². The lowest BCUT2D eigenvalue weighted by Crippen LogP contribution is -2.48. The molecule has 0 bridgehead atoms. The van der Waals surface area contributed by atoms with Crippen LogP contribution < -0.4 is 10.6 Å². The number of rotatable bonds is 2. The third-order valence-electron chi connectivity index (χ3n) is 3.11. The van der Waals surface area contributed by atoms with E-state index in [-0.39, 0.29) is 17.8 Å². The molecule has 1 aliphatic rings. The highest BCUT2D eigenvalue weighted by Gasteiger charge is 2.28. The molecular weight excluding hydrogens is 256 g/mol. The highest BCUT2D eigenvalue weighted by Crippen LogP contribution is 2.16. The number of hydrogen-bond donors (Lipinski definition) is 2. The van der Waals surface area contributed by atoms with E-state index in [0.717, 1.165) is 5.56 Å². The Morgan fingerprint density at radius 3 is 2.75 bits per heavy atom. The van der Waals surface area contributed by atoms with E-state index in [0.29, 0.717) is 12.0 Å². The van der Waals surface area contributed by atoms with Crippen molar-refractivity contribution in [2.45, 2.75) is 12.5 Å². The average Bonchev–Trinajstić information content (AvgIpc) is 2.48. The average molecular weight is 268 g/mol. The van der Waals surface area contributed by atoms with Crippen LogP contribution in [0.2, 0.25) is 0 Å². The molecule has 2 N–H and O–H groups in total. The van der Waals surface area contributed by atoms with Crippen LogP contribution in [0.25, 0.3) is 0 Å². The van der Waals surface area contributed by atoms with Gasteiger partial charge in [-0.2, -0.15) is 0 Å². The van der Waals surface area contributed by atoms with Crippen molar-refractivity contribution in [1.82, 2.24) is 15.3 Å². The molecule has 0 aliphatic carbocycles. The van der Waals surface area contributed by atoms with Gasteiger partial charge >= 0.3 is 0 Å². The van der Waals surface area contributed by atoms with Crippen LogP contribution in [0.3, 0.4) is 0 Å². The van der Waals surface area contributed by atoms with E-state index in [4.69, 9.17) is 0 Å². The molecule has 0 spiro atoms. The molecule has 20 heavy (non-hydrogen) atoms. The molecular formula is C14H12N4O2. The maximum absolute atomic E-state index is 12.1. The van der Waals surface area contributed by atoms with Gasteiger partial charge in [0.05, 0.1) is 0 Å². The summed E-state index contributed by atoms with van der Waals surface area (Å²) in [5.41, 5.74) is 1.48. The predicted molar refractivity (Wildman–Crippen MR) is 72.1 cm³/mol. The third-order valence-corrected chi connectivity index (χ3v) is 3.11. The van der Waals surface area contributed by atoms with Gasteiger partial charge in [-0.05, 0) is 17.7 Å². The zero-order valence-corrected chi connectivity index (χ0v) is 10.5. The molecule has 0 radical (unpaired) electrons. The quantitative estimate of drug-likeness (QED) is 0.842. The molecule has 2 amide bonds. The van der Waals surface area contributed by atoms with Gasteiger partial charge in [-0.25, -0.2) is 9.97 Å². The summed E-state index contributed by atoms with van der Waals surface area (Å²) >= 11 is 0. The molecule has 3 rings (SSSR count). The Morgan fingerprint density at radius 1 is 1.20 bits per heavy atom. The first-order valence-electron chi connectivity index (χ1n) is 6.21. The molecule has 1 unspecified atom stereocenters. The van der Waals surface area contributed by atoms with E-state index < -0.39 is 6.04 Å². The number of hydrogen-bond acceptors (Lipinski definition) is 4. The lowest BCUT2D eigenvalue weighted by Gasteiger charge is -2.24. The summed E-state index contributed by atoms with van der Waals surface area (Å²) in [7, 11) is 0. The molecule has 1 atom stereocenters. The van der Waals surface area contributed by atoms with Crippen molar-refractivity contribution >= 4 is 17.8 Å². The van der Waals surface area contributed by atoms with Crippen LogP contribution in [0, 0.1) is 0 Å². The first kappa shape index (κ1) is 12.3. The minimum Gasteiger partial charge on any atom is -0.340 e.